The van der Waals surface area contributed by atoms with E-state index in [0.717, 1.165) is 116 Å². The van der Waals surface area contributed by atoms with Gasteiger partial charge in [-0.3, -0.25) is 9.59 Å². The number of aliphatic hydroxyl groups excluding tert-OH is 2. The minimum absolute atomic E-state index is 0.0115. The molecule has 316 valence electrons. The second-order valence-electron chi connectivity index (χ2n) is 20.6. The van der Waals surface area contributed by atoms with Gasteiger partial charge in [0.05, 0.1) is 36.1 Å². The molecule has 8 aliphatic carbocycles. The molecule has 58 heavy (non-hydrogen) atoms. The predicted molar refractivity (Wildman–Crippen MR) is 213 cm³/mol. The quantitative estimate of drug-likeness (QED) is 0.318. The molecule has 0 aromatic carbocycles. The van der Waals surface area contributed by atoms with E-state index in [2.05, 4.69) is 20.3 Å². The van der Waals surface area contributed by atoms with Crippen LogP contribution in [-0.2, 0) is 9.59 Å². The van der Waals surface area contributed by atoms with Crippen molar-refractivity contribution in [3.05, 3.63) is 22.8 Å². The van der Waals surface area contributed by atoms with Crippen LogP contribution < -0.4 is 10.6 Å². The zero-order valence-corrected chi connectivity index (χ0v) is 34.1. The summed E-state index contributed by atoms with van der Waals surface area (Å²) in [6.07, 6.45) is 14.3. The molecule has 8 saturated carbocycles. The van der Waals surface area contributed by atoms with Crippen LogP contribution in [0.3, 0.4) is 0 Å². The van der Waals surface area contributed by atoms with Crippen LogP contribution in [0.5, 0.6) is 0 Å². The van der Waals surface area contributed by atoms with Crippen LogP contribution >= 0.6 is 0 Å². The minimum atomic E-state index is -0.292. The zero-order chi connectivity index (χ0) is 40.3. The number of amides is 6. The SMILES string of the molecule is [C-]#[N+][C@H]1CCN(C(=O)N2CCC[C@H](NC(=O)C34CC5CC(C3)C(O)C(C5)C4)C2)C1.[C-]#[N+][C@H]1CCN(C(=O)N2CCC[C@H](NC(=O)C34CC5CC(C3)C(O)C(C5)C4)C2)C1. The second kappa shape index (κ2) is 15.8. The van der Waals surface area contributed by atoms with Gasteiger partial charge in [-0.15, -0.1) is 0 Å². The minimum Gasteiger partial charge on any atom is -0.393 e. The lowest BCUT2D eigenvalue weighted by Crippen LogP contribution is -2.61. The molecule has 12 rings (SSSR count). The average Bonchev–Trinajstić information content (AvgIpc) is 3.92. The smallest absolute Gasteiger partial charge is 0.320 e. The normalized spacial score (nSPS) is 43.3. The Kier molecular flexibility index (Phi) is 10.8. The molecule has 4 unspecified atom stereocenters. The third-order valence-electron chi connectivity index (χ3n) is 16.7. The Bertz CT molecular complexity index is 1560. The summed E-state index contributed by atoms with van der Waals surface area (Å²) < 4.78 is 0. The Morgan fingerprint density at radius 3 is 1.22 bits per heavy atom. The van der Waals surface area contributed by atoms with Crippen molar-refractivity contribution in [1.29, 1.82) is 0 Å². The van der Waals surface area contributed by atoms with Crippen LogP contribution in [0.2, 0.25) is 0 Å². The molecule has 4 heterocycles. The van der Waals surface area contributed by atoms with E-state index < -0.39 is 0 Å². The number of carbonyl (C=O) groups excluding carboxylic acids is 4. The van der Waals surface area contributed by atoms with E-state index in [1.165, 1.54) is 0 Å². The first-order valence-electron chi connectivity index (χ1n) is 22.7. The zero-order valence-electron chi connectivity index (χ0n) is 34.1. The van der Waals surface area contributed by atoms with Crippen molar-refractivity contribution >= 4 is 23.9 Å². The maximum atomic E-state index is 13.3. The number of rotatable bonds is 4. The van der Waals surface area contributed by atoms with Gasteiger partial charge in [0.15, 0.2) is 0 Å². The van der Waals surface area contributed by atoms with Crippen LogP contribution in [0.4, 0.5) is 9.59 Å². The fourth-order valence-corrected chi connectivity index (χ4v) is 14.2. The maximum Gasteiger partial charge on any atom is 0.320 e. The molecule has 6 amide bonds. The van der Waals surface area contributed by atoms with Gasteiger partial charge in [0.1, 0.15) is 0 Å². The van der Waals surface area contributed by atoms with E-state index in [1.54, 1.807) is 9.80 Å². The lowest BCUT2D eigenvalue weighted by Gasteiger charge is -2.58. The van der Waals surface area contributed by atoms with E-state index in [-0.39, 0.29) is 71.1 Å². The Balaban J connectivity index is 0.000000150. The summed E-state index contributed by atoms with van der Waals surface area (Å²) in [5, 5.41) is 27.6. The Hall–Kier alpha value is -3.62. The Labute approximate surface area is 343 Å². The van der Waals surface area contributed by atoms with Gasteiger partial charge in [0.25, 0.3) is 0 Å². The van der Waals surface area contributed by atoms with Gasteiger partial charge in [-0.25, -0.2) is 22.7 Å². The van der Waals surface area contributed by atoms with Crippen LogP contribution in [0, 0.1) is 59.5 Å². The largest absolute Gasteiger partial charge is 0.393 e. The molecule has 4 saturated heterocycles. The highest BCUT2D eigenvalue weighted by Crippen LogP contribution is 2.61. The third kappa shape index (κ3) is 7.43. The number of urea groups is 2. The molecule has 12 aliphatic rings. The first-order valence-corrected chi connectivity index (χ1v) is 22.7. The van der Waals surface area contributed by atoms with Gasteiger partial charge >= 0.3 is 12.1 Å². The standard InChI is InChI=1S/2C22H32N4O3/c2*1-23-17-4-6-26(12-17)21(29)25-5-2-3-18(13-25)24-20(28)22-9-14-7-15(10-22)19(27)16(8-14)11-22/h2*14-19,27H,2-13H2,(H,24,28)/t2*14?,15?,16?,17-,18-,19?,22?/m00/s1. The summed E-state index contributed by atoms with van der Waals surface area (Å²) in [5.41, 5.74) is -0.584. The molecule has 4 aliphatic heterocycles. The molecular weight excluding hydrogens is 737 g/mol. The number of carbonyl (C=O) groups is 4. The van der Waals surface area contributed by atoms with E-state index in [4.69, 9.17) is 13.1 Å². The van der Waals surface area contributed by atoms with E-state index in [0.29, 0.717) is 74.8 Å². The first kappa shape index (κ1) is 39.8. The highest BCUT2D eigenvalue weighted by atomic mass is 16.3. The average molecular weight is 801 g/mol. The number of likely N-dealkylation sites (tertiary alicyclic amines) is 4. The third-order valence-corrected chi connectivity index (χ3v) is 16.7. The van der Waals surface area contributed by atoms with E-state index in [1.807, 2.05) is 9.80 Å². The van der Waals surface area contributed by atoms with Crippen molar-refractivity contribution < 1.29 is 29.4 Å². The van der Waals surface area contributed by atoms with Gasteiger partial charge in [0, 0.05) is 64.2 Å². The van der Waals surface area contributed by atoms with Gasteiger partial charge in [-0.2, -0.15) is 0 Å². The summed E-state index contributed by atoms with van der Waals surface area (Å²) in [6, 6.07) is -0.0628. The molecule has 0 radical (unpaired) electrons. The van der Waals surface area contributed by atoms with Gasteiger partial charge < -0.3 is 50.1 Å². The van der Waals surface area contributed by atoms with Crippen LogP contribution in [0.15, 0.2) is 0 Å². The molecule has 14 heteroatoms. The molecule has 0 spiro atoms. The monoisotopic (exact) mass is 800 g/mol. The second-order valence-corrected chi connectivity index (χ2v) is 20.6. The van der Waals surface area contributed by atoms with Crippen molar-refractivity contribution in [3.63, 3.8) is 0 Å². The molecule has 0 aromatic heterocycles. The Morgan fingerprint density at radius 2 is 0.879 bits per heavy atom. The van der Waals surface area contributed by atoms with E-state index >= 15 is 0 Å². The van der Waals surface area contributed by atoms with Crippen LogP contribution in [-0.4, -0.2) is 142 Å². The molecule has 14 nitrogen and oxygen atoms in total. The molecule has 12 fully saturated rings. The maximum absolute atomic E-state index is 13.3. The summed E-state index contributed by atoms with van der Waals surface area (Å²) in [5.74, 6) is 2.69. The molecule has 8 bridgehead atoms. The first-order chi connectivity index (χ1) is 27.9. The highest BCUT2D eigenvalue weighted by molar-refractivity contribution is 5.84. The number of nitrogens with zero attached hydrogens (tertiary/aromatic N) is 6. The Morgan fingerprint density at radius 1 is 0.517 bits per heavy atom. The summed E-state index contributed by atoms with van der Waals surface area (Å²) >= 11 is 0. The number of aliphatic hydroxyl groups is 2. The van der Waals surface area contributed by atoms with Crippen molar-refractivity contribution in [2.75, 3.05) is 52.4 Å². The van der Waals surface area contributed by atoms with Crippen molar-refractivity contribution in [2.24, 2.45) is 46.3 Å². The summed E-state index contributed by atoms with van der Waals surface area (Å²) in [7, 11) is 0. The van der Waals surface area contributed by atoms with Crippen LogP contribution in [0.25, 0.3) is 9.69 Å². The molecule has 8 atom stereocenters. The van der Waals surface area contributed by atoms with Gasteiger partial charge in [0.2, 0.25) is 23.9 Å². The number of nitrogens with one attached hydrogen (secondary N) is 2. The van der Waals surface area contributed by atoms with Crippen molar-refractivity contribution in [3.8, 4) is 0 Å². The topological polar surface area (TPSA) is 154 Å². The number of hydrogen-bond donors (Lipinski definition) is 4. The molecule has 0 aromatic rings. The summed E-state index contributed by atoms with van der Waals surface area (Å²) in [6.45, 7) is 19.3. The number of piperidine rings is 2. The van der Waals surface area contributed by atoms with Gasteiger partial charge in [-0.05, 0) is 125 Å². The van der Waals surface area contributed by atoms with E-state index in [9.17, 15) is 29.4 Å². The highest BCUT2D eigenvalue weighted by Gasteiger charge is 2.59. The van der Waals surface area contributed by atoms with Crippen LogP contribution in [0.1, 0.15) is 103 Å². The number of hydrogen-bond acceptors (Lipinski definition) is 6. The van der Waals surface area contributed by atoms with Crippen molar-refractivity contribution in [2.45, 2.75) is 139 Å². The lowest BCUT2D eigenvalue weighted by atomic mass is 9.48. The lowest BCUT2D eigenvalue weighted by molar-refractivity contribution is -0.164. The van der Waals surface area contributed by atoms with Crippen molar-refractivity contribution in [1.82, 2.24) is 30.2 Å². The fourth-order valence-electron chi connectivity index (χ4n) is 14.2. The molecule has 4 N–H and O–H groups in total. The fraction of sp³-hybridized carbons (Fsp3) is 0.864. The summed E-state index contributed by atoms with van der Waals surface area (Å²) in [4.78, 5) is 66.9. The predicted octanol–water partition coefficient (Wildman–Crippen LogP) is 3.74. The molecular formula is C44H64N8O6. The van der Waals surface area contributed by atoms with Gasteiger partial charge in [-0.1, -0.05) is 0 Å².